The number of hydrogen-bond acceptors (Lipinski definition) is 5. The summed E-state index contributed by atoms with van der Waals surface area (Å²) < 4.78 is 7.31. The van der Waals surface area contributed by atoms with Crippen LogP contribution < -0.4 is 9.54 Å². The van der Waals surface area contributed by atoms with Crippen molar-refractivity contribution in [3.8, 4) is 16.3 Å². The first-order chi connectivity index (χ1) is 13.3. The van der Waals surface area contributed by atoms with E-state index in [0.29, 0.717) is 6.04 Å². The fourth-order valence-electron chi connectivity index (χ4n) is 3.31. The van der Waals surface area contributed by atoms with Crippen molar-refractivity contribution < 1.29 is 4.74 Å². The zero-order chi connectivity index (χ0) is 18.5. The molecule has 4 nitrogen and oxygen atoms in total. The Kier molecular flexibility index (Phi) is 5.84. The lowest BCUT2D eigenvalue weighted by molar-refractivity contribution is 0.414. The van der Waals surface area contributed by atoms with E-state index in [9.17, 15) is 0 Å². The maximum absolute atomic E-state index is 5.32. The highest BCUT2D eigenvalue weighted by molar-refractivity contribution is 7.14. The second-order valence-corrected chi connectivity index (χ2v) is 8.42. The molecule has 0 radical (unpaired) electrons. The van der Waals surface area contributed by atoms with Crippen molar-refractivity contribution in [2.24, 2.45) is 10.1 Å². The third-order valence-electron chi connectivity index (χ3n) is 4.74. The molecule has 2 aromatic heterocycles. The minimum atomic E-state index is 0.423. The van der Waals surface area contributed by atoms with Crippen LogP contribution in [-0.4, -0.2) is 24.0 Å². The molecule has 1 aromatic carbocycles. The van der Waals surface area contributed by atoms with Crippen molar-refractivity contribution >= 4 is 28.9 Å². The Bertz CT molecular complexity index is 963. The fourth-order valence-corrected chi connectivity index (χ4v) is 5.01. The van der Waals surface area contributed by atoms with Crippen LogP contribution in [0.15, 0.2) is 57.3 Å². The standard InChI is InChI=1S/C21H23N3OS2/c1-25-18-10-5-7-16(13-18)14-22-24-19(20-11-6-12-26-20)15-27-21(24)23-17-8-3-2-4-9-17/h5-7,10-15,17H,2-4,8-9H2,1H3. The van der Waals surface area contributed by atoms with Gasteiger partial charge in [0.1, 0.15) is 5.75 Å². The molecule has 0 spiro atoms. The zero-order valence-electron chi connectivity index (χ0n) is 15.4. The first kappa shape index (κ1) is 18.2. The van der Waals surface area contributed by atoms with E-state index >= 15 is 0 Å². The SMILES string of the molecule is COc1cccc(C=Nn2c(-c3cccs3)csc2=NC2CCCCC2)c1. The van der Waals surface area contributed by atoms with E-state index in [4.69, 9.17) is 14.8 Å². The van der Waals surface area contributed by atoms with E-state index < -0.39 is 0 Å². The summed E-state index contributed by atoms with van der Waals surface area (Å²) in [6.45, 7) is 0. The molecule has 0 N–H and O–H groups in total. The minimum Gasteiger partial charge on any atom is -0.497 e. The number of benzene rings is 1. The van der Waals surface area contributed by atoms with Gasteiger partial charge in [-0.15, -0.1) is 22.7 Å². The molecule has 2 heterocycles. The predicted octanol–water partition coefficient (Wildman–Crippen LogP) is 5.40. The topological polar surface area (TPSA) is 38.9 Å². The van der Waals surface area contributed by atoms with Crippen LogP contribution in [0.4, 0.5) is 0 Å². The van der Waals surface area contributed by atoms with Crippen LogP contribution in [0.25, 0.3) is 10.6 Å². The molecule has 6 heteroatoms. The highest BCUT2D eigenvalue weighted by Gasteiger charge is 2.14. The summed E-state index contributed by atoms with van der Waals surface area (Å²) in [7, 11) is 1.68. The van der Waals surface area contributed by atoms with Gasteiger partial charge < -0.3 is 4.74 Å². The third kappa shape index (κ3) is 4.39. The molecule has 3 aromatic rings. The molecular weight excluding hydrogens is 374 g/mol. The number of ether oxygens (including phenoxy) is 1. The van der Waals surface area contributed by atoms with Crippen LogP contribution in [0, 0.1) is 0 Å². The number of rotatable bonds is 5. The van der Waals surface area contributed by atoms with E-state index in [1.54, 1.807) is 29.8 Å². The van der Waals surface area contributed by atoms with Gasteiger partial charge in [-0.3, -0.25) is 4.99 Å². The second kappa shape index (κ2) is 8.67. The van der Waals surface area contributed by atoms with Crippen molar-refractivity contribution in [2.75, 3.05) is 7.11 Å². The molecule has 0 bridgehead atoms. The molecule has 1 aliphatic carbocycles. The van der Waals surface area contributed by atoms with Crippen molar-refractivity contribution in [2.45, 2.75) is 38.1 Å². The monoisotopic (exact) mass is 397 g/mol. The van der Waals surface area contributed by atoms with Gasteiger partial charge in [-0.25, -0.2) is 4.68 Å². The van der Waals surface area contributed by atoms with Gasteiger partial charge >= 0.3 is 0 Å². The summed E-state index contributed by atoms with van der Waals surface area (Å²) >= 11 is 3.40. The Morgan fingerprint density at radius 1 is 1.11 bits per heavy atom. The molecule has 140 valence electrons. The van der Waals surface area contributed by atoms with Gasteiger partial charge in [0.15, 0.2) is 0 Å². The Morgan fingerprint density at radius 2 is 2.00 bits per heavy atom. The molecule has 0 unspecified atom stereocenters. The first-order valence-electron chi connectivity index (χ1n) is 9.30. The Morgan fingerprint density at radius 3 is 2.78 bits per heavy atom. The van der Waals surface area contributed by atoms with Crippen LogP contribution in [-0.2, 0) is 0 Å². The summed E-state index contributed by atoms with van der Waals surface area (Å²) in [6, 6.07) is 12.6. The number of thiophene rings is 1. The molecule has 0 amide bonds. The molecule has 1 fully saturated rings. The quantitative estimate of drug-likeness (QED) is 0.531. The largest absolute Gasteiger partial charge is 0.497 e. The van der Waals surface area contributed by atoms with E-state index in [1.807, 2.05) is 35.2 Å². The number of aromatic nitrogens is 1. The lowest BCUT2D eigenvalue weighted by Crippen LogP contribution is -2.18. The van der Waals surface area contributed by atoms with E-state index in [2.05, 4.69) is 22.9 Å². The molecule has 27 heavy (non-hydrogen) atoms. The van der Waals surface area contributed by atoms with E-state index in [0.717, 1.165) is 21.8 Å². The summed E-state index contributed by atoms with van der Waals surface area (Å²) in [6.07, 6.45) is 8.16. The van der Waals surface area contributed by atoms with Crippen molar-refractivity contribution in [1.82, 2.24) is 4.68 Å². The molecule has 0 aliphatic heterocycles. The van der Waals surface area contributed by atoms with Gasteiger partial charge in [0.25, 0.3) is 0 Å². The smallest absolute Gasteiger partial charge is 0.206 e. The van der Waals surface area contributed by atoms with Crippen LogP contribution in [0.2, 0.25) is 0 Å². The minimum absolute atomic E-state index is 0.423. The second-order valence-electron chi connectivity index (χ2n) is 6.63. The fraction of sp³-hybridized carbons (Fsp3) is 0.333. The van der Waals surface area contributed by atoms with Gasteiger partial charge in [0.05, 0.1) is 29.9 Å². The van der Waals surface area contributed by atoms with E-state index in [1.165, 1.54) is 37.0 Å². The molecule has 1 aliphatic rings. The van der Waals surface area contributed by atoms with Crippen molar-refractivity contribution in [3.63, 3.8) is 0 Å². The predicted molar refractivity (Wildman–Crippen MR) is 114 cm³/mol. The third-order valence-corrected chi connectivity index (χ3v) is 6.47. The molecule has 0 atom stereocenters. The lowest BCUT2D eigenvalue weighted by atomic mass is 9.96. The Labute approximate surface area is 167 Å². The van der Waals surface area contributed by atoms with Gasteiger partial charge in [0.2, 0.25) is 4.80 Å². The van der Waals surface area contributed by atoms with Crippen molar-refractivity contribution in [3.05, 3.63) is 57.5 Å². The highest BCUT2D eigenvalue weighted by Crippen LogP contribution is 2.26. The molecule has 4 rings (SSSR count). The maximum atomic E-state index is 5.32. The Balaban J connectivity index is 1.72. The lowest BCUT2D eigenvalue weighted by Gasteiger charge is -2.16. The van der Waals surface area contributed by atoms with Crippen LogP contribution in [0.3, 0.4) is 0 Å². The number of hydrogen-bond donors (Lipinski definition) is 0. The zero-order valence-corrected chi connectivity index (χ0v) is 17.0. The first-order valence-corrected chi connectivity index (χ1v) is 11.1. The summed E-state index contributed by atoms with van der Waals surface area (Å²) in [4.78, 5) is 7.23. The van der Waals surface area contributed by atoms with Gasteiger partial charge in [-0.2, -0.15) is 5.10 Å². The number of thiazole rings is 1. The normalized spacial score (nSPS) is 16.3. The average Bonchev–Trinajstić information content (AvgIpc) is 3.37. The van der Waals surface area contributed by atoms with Crippen LogP contribution in [0.5, 0.6) is 5.75 Å². The number of nitrogens with zero attached hydrogens (tertiary/aromatic N) is 3. The Hall–Kier alpha value is -2.18. The summed E-state index contributed by atoms with van der Waals surface area (Å²) in [5, 5.41) is 9.05. The maximum Gasteiger partial charge on any atom is 0.206 e. The van der Waals surface area contributed by atoms with Gasteiger partial charge in [-0.05, 0) is 42.0 Å². The van der Waals surface area contributed by atoms with Crippen molar-refractivity contribution in [1.29, 1.82) is 0 Å². The summed E-state index contributed by atoms with van der Waals surface area (Å²) in [5.74, 6) is 0.833. The highest BCUT2D eigenvalue weighted by atomic mass is 32.1. The average molecular weight is 398 g/mol. The van der Waals surface area contributed by atoms with E-state index in [-0.39, 0.29) is 0 Å². The molecule has 0 saturated heterocycles. The van der Waals surface area contributed by atoms with Crippen LogP contribution >= 0.6 is 22.7 Å². The summed E-state index contributed by atoms with van der Waals surface area (Å²) in [5.41, 5.74) is 2.11. The molecular formula is C21H23N3OS2. The number of methoxy groups -OCH3 is 1. The van der Waals surface area contributed by atoms with Gasteiger partial charge in [-0.1, -0.05) is 37.5 Å². The van der Waals surface area contributed by atoms with Gasteiger partial charge in [0, 0.05) is 5.38 Å². The molecule has 1 saturated carbocycles. The van der Waals surface area contributed by atoms with Crippen LogP contribution in [0.1, 0.15) is 37.7 Å².